The molecule has 2 aromatic carbocycles. The molecular formula is C22H31IN4O2. The number of methoxy groups -OCH3 is 1. The number of fused-ring (bicyclic) bond motifs is 1. The highest BCUT2D eigenvalue weighted by atomic mass is 127. The van der Waals surface area contributed by atoms with Crippen molar-refractivity contribution in [1.29, 1.82) is 0 Å². The Morgan fingerprint density at radius 1 is 1.17 bits per heavy atom. The van der Waals surface area contributed by atoms with Crippen LogP contribution in [0.4, 0.5) is 0 Å². The molecule has 2 atom stereocenters. The summed E-state index contributed by atoms with van der Waals surface area (Å²) < 4.78 is 11.3. The summed E-state index contributed by atoms with van der Waals surface area (Å²) in [6, 6.07) is 16.6. The normalized spacial score (nSPS) is 16.4. The molecule has 7 heteroatoms. The maximum atomic E-state index is 5.99. The first-order valence-electron chi connectivity index (χ1n) is 9.60. The Balaban J connectivity index is 0.00000300. The van der Waals surface area contributed by atoms with Crippen molar-refractivity contribution in [3.63, 3.8) is 0 Å². The Bertz CT molecular complexity index is 771. The lowest BCUT2D eigenvalue weighted by Crippen LogP contribution is -2.44. The number of nitrogens with zero attached hydrogens (tertiary/aromatic N) is 2. The predicted molar refractivity (Wildman–Crippen MR) is 129 cm³/mol. The molecule has 0 spiro atoms. The summed E-state index contributed by atoms with van der Waals surface area (Å²) in [5, 5.41) is 6.82. The van der Waals surface area contributed by atoms with Crippen molar-refractivity contribution in [3.05, 3.63) is 59.7 Å². The molecule has 0 bridgehead atoms. The van der Waals surface area contributed by atoms with Gasteiger partial charge in [0, 0.05) is 20.0 Å². The maximum Gasteiger partial charge on any atom is 0.191 e. The van der Waals surface area contributed by atoms with Crippen molar-refractivity contribution >= 4 is 29.9 Å². The molecule has 3 rings (SSSR count). The first-order valence-corrected chi connectivity index (χ1v) is 9.60. The van der Waals surface area contributed by atoms with Gasteiger partial charge in [-0.25, -0.2) is 0 Å². The van der Waals surface area contributed by atoms with Gasteiger partial charge in [-0.2, -0.15) is 0 Å². The van der Waals surface area contributed by atoms with Crippen LogP contribution in [0.5, 0.6) is 11.5 Å². The Labute approximate surface area is 190 Å². The highest BCUT2D eigenvalue weighted by molar-refractivity contribution is 14.0. The molecule has 1 aliphatic rings. The van der Waals surface area contributed by atoms with E-state index in [0.717, 1.165) is 30.4 Å². The van der Waals surface area contributed by atoms with Crippen molar-refractivity contribution in [3.8, 4) is 11.5 Å². The standard InChI is InChI=1S/C22H30N4O2.HI/c1-23-22(24-14-19-13-17-7-5-6-8-21(17)28-19)25-15-20(26(2)3)16-9-11-18(27-4)12-10-16;/h5-12,19-20H,13-15H2,1-4H3,(H2,23,24,25);1H. The van der Waals surface area contributed by atoms with Crippen LogP contribution in [-0.4, -0.2) is 58.3 Å². The van der Waals surface area contributed by atoms with Gasteiger partial charge in [0.1, 0.15) is 17.6 Å². The molecule has 2 unspecified atom stereocenters. The van der Waals surface area contributed by atoms with E-state index < -0.39 is 0 Å². The molecule has 0 saturated carbocycles. The molecule has 0 aliphatic carbocycles. The summed E-state index contributed by atoms with van der Waals surface area (Å²) >= 11 is 0. The number of para-hydroxylation sites is 1. The summed E-state index contributed by atoms with van der Waals surface area (Å²) in [6.45, 7) is 1.45. The average Bonchev–Trinajstić information content (AvgIpc) is 3.13. The van der Waals surface area contributed by atoms with E-state index in [1.165, 1.54) is 11.1 Å². The maximum absolute atomic E-state index is 5.99. The van der Waals surface area contributed by atoms with Gasteiger partial charge in [0.2, 0.25) is 0 Å². The first-order chi connectivity index (χ1) is 13.6. The minimum Gasteiger partial charge on any atom is -0.497 e. The fraction of sp³-hybridized carbons (Fsp3) is 0.409. The third-order valence-corrected chi connectivity index (χ3v) is 5.02. The van der Waals surface area contributed by atoms with Crippen molar-refractivity contribution in [2.45, 2.75) is 18.6 Å². The summed E-state index contributed by atoms with van der Waals surface area (Å²) in [5.74, 6) is 2.63. The molecule has 6 nitrogen and oxygen atoms in total. The van der Waals surface area contributed by atoms with Gasteiger partial charge in [-0.05, 0) is 43.4 Å². The second kappa shape index (κ2) is 11.3. The number of ether oxygens (including phenoxy) is 2. The molecule has 2 aromatic rings. The van der Waals surface area contributed by atoms with Gasteiger partial charge in [0.25, 0.3) is 0 Å². The minimum atomic E-state index is 0. The number of halogens is 1. The van der Waals surface area contributed by atoms with Crippen LogP contribution in [0.1, 0.15) is 17.2 Å². The molecule has 0 radical (unpaired) electrons. The zero-order valence-corrected chi connectivity index (χ0v) is 19.8. The monoisotopic (exact) mass is 510 g/mol. The summed E-state index contributed by atoms with van der Waals surface area (Å²) in [5.41, 5.74) is 2.49. The first kappa shape index (κ1) is 23.3. The molecule has 0 amide bonds. The van der Waals surface area contributed by atoms with Crippen LogP contribution in [0.2, 0.25) is 0 Å². The van der Waals surface area contributed by atoms with Crippen LogP contribution in [0.15, 0.2) is 53.5 Å². The lowest BCUT2D eigenvalue weighted by atomic mass is 10.1. The number of guanidine groups is 1. The fourth-order valence-electron chi connectivity index (χ4n) is 3.42. The van der Waals surface area contributed by atoms with Gasteiger partial charge in [0.05, 0.1) is 19.7 Å². The number of aliphatic imine (C=N–C) groups is 1. The highest BCUT2D eigenvalue weighted by Crippen LogP contribution is 2.27. The van der Waals surface area contributed by atoms with Crippen molar-refractivity contribution < 1.29 is 9.47 Å². The lowest BCUT2D eigenvalue weighted by Gasteiger charge is -2.26. The molecule has 2 N–H and O–H groups in total. The van der Waals surface area contributed by atoms with Gasteiger partial charge in [-0.1, -0.05) is 30.3 Å². The van der Waals surface area contributed by atoms with Gasteiger partial charge < -0.3 is 25.0 Å². The SMILES string of the molecule is CN=C(NCC1Cc2ccccc2O1)NCC(c1ccc(OC)cc1)N(C)C.I. The second-order valence-electron chi connectivity index (χ2n) is 7.14. The Morgan fingerprint density at radius 2 is 1.90 bits per heavy atom. The van der Waals surface area contributed by atoms with Gasteiger partial charge in [-0.15, -0.1) is 24.0 Å². The van der Waals surface area contributed by atoms with E-state index >= 15 is 0 Å². The number of benzene rings is 2. The van der Waals surface area contributed by atoms with Crippen molar-refractivity contribution in [2.24, 2.45) is 4.99 Å². The molecule has 0 saturated heterocycles. The van der Waals surface area contributed by atoms with Gasteiger partial charge in [-0.3, -0.25) is 4.99 Å². The van der Waals surface area contributed by atoms with E-state index in [-0.39, 0.29) is 36.1 Å². The van der Waals surface area contributed by atoms with Crippen molar-refractivity contribution in [2.75, 3.05) is 41.3 Å². The topological polar surface area (TPSA) is 58.1 Å². The number of hydrogen-bond acceptors (Lipinski definition) is 4. The zero-order valence-electron chi connectivity index (χ0n) is 17.5. The summed E-state index contributed by atoms with van der Waals surface area (Å²) in [4.78, 5) is 6.54. The smallest absolute Gasteiger partial charge is 0.191 e. The van der Waals surface area contributed by atoms with Crippen LogP contribution in [0.3, 0.4) is 0 Å². The van der Waals surface area contributed by atoms with Crippen LogP contribution >= 0.6 is 24.0 Å². The number of rotatable bonds is 7. The average molecular weight is 510 g/mol. The zero-order chi connectivity index (χ0) is 19.9. The van der Waals surface area contributed by atoms with E-state index in [1.807, 2.05) is 24.3 Å². The predicted octanol–water partition coefficient (Wildman–Crippen LogP) is 3.08. The number of nitrogens with one attached hydrogen (secondary N) is 2. The van der Waals surface area contributed by atoms with E-state index in [9.17, 15) is 0 Å². The van der Waals surface area contributed by atoms with Crippen LogP contribution in [-0.2, 0) is 6.42 Å². The summed E-state index contributed by atoms with van der Waals surface area (Å²) in [6.07, 6.45) is 1.05. The third kappa shape index (κ3) is 6.24. The van der Waals surface area contributed by atoms with Crippen LogP contribution < -0.4 is 20.1 Å². The number of hydrogen-bond donors (Lipinski definition) is 2. The summed E-state index contributed by atoms with van der Waals surface area (Å²) in [7, 11) is 7.63. The molecular weight excluding hydrogens is 479 g/mol. The van der Waals surface area contributed by atoms with Gasteiger partial charge in [0.15, 0.2) is 5.96 Å². The Kier molecular flexibility index (Phi) is 9.03. The molecule has 0 fully saturated rings. The van der Waals surface area contributed by atoms with Crippen LogP contribution in [0, 0.1) is 0 Å². The fourth-order valence-corrected chi connectivity index (χ4v) is 3.42. The van der Waals surface area contributed by atoms with Gasteiger partial charge >= 0.3 is 0 Å². The Morgan fingerprint density at radius 3 is 2.52 bits per heavy atom. The third-order valence-electron chi connectivity index (χ3n) is 5.02. The quantitative estimate of drug-likeness (QED) is 0.341. The molecule has 29 heavy (non-hydrogen) atoms. The minimum absolute atomic E-state index is 0. The van der Waals surface area contributed by atoms with E-state index in [0.29, 0.717) is 6.54 Å². The number of likely N-dealkylation sites (N-methyl/N-ethyl adjacent to an activating group) is 1. The van der Waals surface area contributed by atoms with Crippen LogP contribution in [0.25, 0.3) is 0 Å². The largest absolute Gasteiger partial charge is 0.497 e. The van der Waals surface area contributed by atoms with E-state index in [1.54, 1.807) is 14.2 Å². The van der Waals surface area contributed by atoms with E-state index in [2.05, 4.69) is 58.9 Å². The molecule has 0 aromatic heterocycles. The van der Waals surface area contributed by atoms with Crippen molar-refractivity contribution in [1.82, 2.24) is 15.5 Å². The van der Waals surface area contributed by atoms with E-state index in [4.69, 9.17) is 9.47 Å². The highest BCUT2D eigenvalue weighted by Gasteiger charge is 2.22. The molecule has 1 heterocycles. The Hall–Kier alpha value is -2.00. The molecule has 1 aliphatic heterocycles. The molecule has 158 valence electrons. The lowest BCUT2D eigenvalue weighted by molar-refractivity contribution is 0.234. The second-order valence-corrected chi connectivity index (χ2v) is 7.14.